The van der Waals surface area contributed by atoms with Crippen LogP contribution in [-0.4, -0.2) is 57.9 Å². The number of rotatable bonds is 5. The molecule has 1 aliphatic heterocycles. The van der Waals surface area contributed by atoms with E-state index in [1.807, 2.05) is 0 Å². The smallest absolute Gasteiger partial charge is 0.416 e. The molecule has 0 saturated carbocycles. The Labute approximate surface area is 138 Å². The van der Waals surface area contributed by atoms with E-state index in [0.29, 0.717) is 0 Å². The minimum Gasteiger partial charge on any atom is -0.465 e. The number of hydrogen-bond acceptors (Lipinski definition) is 8. The number of hydrogen-bond donors (Lipinski definition) is 0. The topological polar surface area (TPSA) is 82.1 Å². The first-order chi connectivity index (χ1) is 10.2. The summed E-state index contributed by atoms with van der Waals surface area (Å²) in [5.74, 6) is -1.50. The number of amides is 1. The molecule has 0 aromatic heterocycles. The van der Waals surface area contributed by atoms with E-state index >= 15 is 0 Å². The molecule has 0 bridgehead atoms. The molecule has 1 saturated heterocycles. The Morgan fingerprint density at radius 2 is 1.82 bits per heavy atom. The summed E-state index contributed by atoms with van der Waals surface area (Å²) in [5.41, 5.74) is -0.644. The molecule has 0 radical (unpaired) electrons. The fourth-order valence-electron chi connectivity index (χ4n) is 1.72. The molecular weight excluding hydrogens is 330 g/mol. The Bertz CT molecular complexity index is 461. The maximum atomic E-state index is 11.9. The predicted molar refractivity (Wildman–Crippen MR) is 84.5 cm³/mol. The van der Waals surface area contributed by atoms with Crippen LogP contribution in [0.5, 0.6) is 0 Å². The van der Waals surface area contributed by atoms with E-state index in [1.165, 1.54) is 4.90 Å². The minimum atomic E-state index is -1.27. The number of thioether (sulfide) groups is 1. The highest BCUT2D eigenvalue weighted by Crippen LogP contribution is 2.30. The predicted octanol–water partition coefficient (Wildman–Crippen LogP) is 1.73. The quantitative estimate of drug-likeness (QED) is 0.321. The first-order valence-corrected chi connectivity index (χ1v) is 8.04. The van der Waals surface area contributed by atoms with Gasteiger partial charge in [-0.2, -0.15) is 0 Å². The van der Waals surface area contributed by atoms with Gasteiger partial charge in [-0.1, -0.05) is 24.0 Å². The van der Waals surface area contributed by atoms with Gasteiger partial charge in [-0.3, -0.25) is 14.5 Å². The van der Waals surface area contributed by atoms with Gasteiger partial charge in [0.25, 0.3) is 0 Å². The summed E-state index contributed by atoms with van der Waals surface area (Å²) in [6, 6.07) is 0. The molecule has 0 spiro atoms. The number of nitrogens with zero attached hydrogens (tertiary/aromatic N) is 1. The summed E-state index contributed by atoms with van der Waals surface area (Å²) in [5, 5.41) is -1.27. The van der Waals surface area contributed by atoms with Gasteiger partial charge >= 0.3 is 18.0 Å². The van der Waals surface area contributed by atoms with Crippen molar-refractivity contribution in [3.05, 3.63) is 0 Å². The third-order valence-corrected chi connectivity index (χ3v) is 4.22. The number of esters is 2. The van der Waals surface area contributed by atoms with Crippen molar-refractivity contribution in [2.45, 2.75) is 38.5 Å². The van der Waals surface area contributed by atoms with Crippen molar-refractivity contribution in [2.24, 2.45) is 0 Å². The minimum absolute atomic E-state index is 0.0682. The first-order valence-electron chi connectivity index (χ1n) is 6.75. The van der Waals surface area contributed by atoms with Gasteiger partial charge in [-0.05, 0) is 27.7 Å². The highest BCUT2D eigenvalue weighted by atomic mass is 32.2. The maximum Gasteiger partial charge on any atom is 0.416 e. The summed E-state index contributed by atoms with van der Waals surface area (Å²) in [6.45, 7) is 7.23. The molecular formula is C13H19NO6S2. The van der Waals surface area contributed by atoms with Crippen LogP contribution in [0.4, 0.5) is 4.79 Å². The highest BCUT2D eigenvalue weighted by Gasteiger charge is 2.44. The molecule has 7 nitrogen and oxygen atoms in total. The van der Waals surface area contributed by atoms with Gasteiger partial charge in [0.15, 0.2) is 0 Å². The van der Waals surface area contributed by atoms with Crippen molar-refractivity contribution in [2.75, 3.05) is 19.8 Å². The van der Waals surface area contributed by atoms with Crippen molar-refractivity contribution in [1.29, 1.82) is 0 Å². The summed E-state index contributed by atoms with van der Waals surface area (Å²) < 4.78 is 14.7. The number of carbonyl (C=O) groups excluding carboxylic acids is 3. The molecule has 0 N–H and O–H groups in total. The van der Waals surface area contributed by atoms with Gasteiger partial charge in [0.1, 0.15) is 10.9 Å². The van der Waals surface area contributed by atoms with E-state index in [9.17, 15) is 14.4 Å². The van der Waals surface area contributed by atoms with Crippen molar-refractivity contribution in [1.82, 2.24) is 4.90 Å². The molecule has 0 aliphatic carbocycles. The SMILES string of the molecule is CCOC(=O)C(SC(=S)N1C(=O)OCC1(C)C)C(=O)OCC. The van der Waals surface area contributed by atoms with E-state index in [-0.39, 0.29) is 24.1 Å². The third-order valence-electron chi connectivity index (χ3n) is 2.74. The zero-order valence-corrected chi connectivity index (χ0v) is 14.5. The molecule has 22 heavy (non-hydrogen) atoms. The van der Waals surface area contributed by atoms with E-state index < -0.39 is 28.8 Å². The van der Waals surface area contributed by atoms with Crippen LogP contribution in [0.3, 0.4) is 0 Å². The zero-order valence-electron chi connectivity index (χ0n) is 12.9. The molecule has 124 valence electrons. The lowest BCUT2D eigenvalue weighted by molar-refractivity contribution is -0.152. The van der Waals surface area contributed by atoms with Gasteiger partial charge in [-0.25, -0.2) is 4.79 Å². The van der Waals surface area contributed by atoms with E-state index in [2.05, 4.69) is 0 Å². The molecule has 0 atom stereocenters. The van der Waals surface area contributed by atoms with Crippen molar-refractivity contribution >= 4 is 46.3 Å². The lowest BCUT2D eigenvalue weighted by atomic mass is 10.1. The summed E-state index contributed by atoms with van der Waals surface area (Å²) in [6.07, 6.45) is -0.603. The average Bonchev–Trinajstić information content (AvgIpc) is 2.70. The normalized spacial score (nSPS) is 16.4. The van der Waals surface area contributed by atoms with Crippen LogP contribution in [0, 0.1) is 0 Å². The van der Waals surface area contributed by atoms with E-state index in [0.717, 1.165) is 11.8 Å². The molecule has 9 heteroatoms. The van der Waals surface area contributed by atoms with Gasteiger partial charge in [-0.15, -0.1) is 0 Å². The van der Waals surface area contributed by atoms with Crippen molar-refractivity contribution in [3.63, 3.8) is 0 Å². The maximum absolute atomic E-state index is 11.9. The molecule has 1 amide bonds. The molecule has 1 aliphatic rings. The Kier molecular flexibility index (Phi) is 6.61. The summed E-state index contributed by atoms with van der Waals surface area (Å²) in [4.78, 5) is 36.9. The second-order valence-electron chi connectivity index (χ2n) is 4.97. The molecule has 0 aromatic carbocycles. The fraction of sp³-hybridized carbons (Fsp3) is 0.692. The molecule has 1 heterocycles. The van der Waals surface area contributed by atoms with Crippen LogP contribution in [0.2, 0.25) is 0 Å². The molecule has 0 aromatic rings. The standard InChI is InChI=1S/C13H19NO6S2/c1-5-18-9(15)8(10(16)19-6-2)22-12(21)14-11(17)20-7-13(14,3)4/h8H,5-7H2,1-4H3. The Morgan fingerprint density at radius 3 is 2.18 bits per heavy atom. The molecule has 1 fully saturated rings. The molecule has 0 unspecified atom stereocenters. The van der Waals surface area contributed by atoms with E-state index in [1.54, 1.807) is 27.7 Å². The third kappa shape index (κ3) is 4.33. The van der Waals surface area contributed by atoms with Crippen LogP contribution in [0.1, 0.15) is 27.7 Å². The Hall–Kier alpha value is -1.35. The molecule has 1 rings (SSSR count). The van der Waals surface area contributed by atoms with Gasteiger partial charge in [0, 0.05) is 0 Å². The van der Waals surface area contributed by atoms with E-state index in [4.69, 9.17) is 26.4 Å². The van der Waals surface area contributed by atoms with Crippen LogP contribution >= 0.6 is 24.0 Å². The fourth-order valence-corrected chi connectivity index (χ4v) is 3.29. The largest absolute Gasteiger partial charge is 0.465 e. The number of cyclic esters (lactones) is 1. The van der Waals surface area contributed by atoms with Gasteiger partial charge < -0.3 is 14.2 Å². The number of thiocarbonyl (C=S) groups is 1. The number of ether oxygens (including phenoxy) is 3. The van der Waals surface area contributed by atoms with Crippen molar-refractivity contribution in [3.8, 4) is 0 Å². The lowest BCUT2D eigenvalue weighted by Crippen LogP contribution is -2.45. The van der Waals surface area contributed by atoms with Gasteiger partial charge in [0.2, 0.25) is 5.25 Å². The zero-order chi connectivity index (χ0) is 16.9. The van der Waals surface area contributed by atoms with Crippen molar-refractivity contribution < 1.29 is 28.6 Å². The van der Waals surface area contributed by atoms with Crippen LogP contribution < -0.4 is 0 Å². The average molecular weight is 349 g/mol. The monoisotopic (exact) mass is 349 g/mol. The van der Waals surface area contributed by atoms with Crippen LogP contribution in [0.25, 0.3) is 0 Å². The second-order valence-corrected chi connectivity index (χ2v) is 6.71. The Morgan fingerprint density at radius 1 is 1.32 bits per heavy atom. The highest BCUT2D eigenvalue weighted by molar-refractivity contribution is 8.24. The summed E-state index contributed by atoms with van der Waals surface area (Å²) in [7, 11) is 0. The second kappa shape index (κ2) is 7.77. The Balaban J connectivity index is 2.89. The number of carbonyl (C=O) groups is 3. The van der Waals surface area contributed by atoms with Gasteiger partial charge in [0.05, 0.1) is 18.8 Å². The first kappa shape index (κ1) is 18.7. The van der Waals surface area contributed by atoms with Crippen LogP contribution in [-0.2, 0) is 23.8 Å². The van der Waals surface area contributed by atoms with Crippen LogP contribution in [0.15, 0.2) is 0 Å². The summed E-state index contributed by atoms with van der Waals surface area (Å²) >= 11 is 5.95. The lowest BCUT2D eigenvalue weighted by Gasteiger charge is -2.28.